The first-order valence-electron chi connectivity index (χ1n) is 4.53. The summed E-state index contributed by atoms with van der Waals surface area (Å²) in [6, 6.07) is 0. The van der Waals surface area contributed by atoms with E-state index in [1.165, 1.54) is 0 Å². The highest BCUT2D eigenvalue weighted by molar-refractivity contribution is 5.80. The van der Waals surface area contributed by atoms with Gasteiger partial charge in [-0.25, -0.2) is 0 Å². The molecule has 70 valence electrons. The molecule has 1 unspecified atom stereocenters. The second-order valence-electron chi connectivity index (χ2n) is 4.08. The van der Waals surface area contributed by atoms with E-state index in [2.05, 4.69) is 11.9 Å². The quantitative estimate of drug-likeness (QED) is 0.626. The summed E-state index contributed by atoms with van der Waals surface area (Å²) in [5, 5.41) is 0. The predicted octanol–water partition coefficient (Wildman–Crippen LogP) is 0.594. The molecule has 0 spiro atoms. The summed E-state index contributed by atoms with van der Waals surface area (Å²) < 4.78 is 0. The van der Waals surface area contributed by atoms with E-state index in [0.717, 1.165) is 32.4 Å². The summed E-state index contributed by atoms with van der Waals surface area (Å²) in [5.74, 6) is -0.141. The van der Waals surface area contributed by atoms with E-state index >= 15 is 0 Å². The Balaban J connectivity index is 2.61. The van der Waals surface area contributed by atoms with E-state index in [4.69, 9.17) is 5.73 Å². The Morgan fingerprint density at radius 3 is 2.67 bits per heavy atom. The van der Waals surface area contributed by atoms with Crippen LogP contribution in [0.15, 0.2) is 0 Å². The first kappa shape index (κ1) is 9.52. The Morgan fingerprint density at radius 2 is 2.08 bits per heavy atom. The van der Waals surface area contributed by atoms with E-state index in [9.17, 15) is 4.79 Å². The van der Waals surface area contributed by atoms with Crippen molar-refractivity contribution in [1.82, 2.24) is 4.90 Å². The minimum Gasteiger partial charge on any atom is -0.369 e. The highest BCUT2D eigenvalue weighted by Crippen LogP contribution is 2.29. The molecule has 0 aromatic carbocycles. The standard InChI is InChI=1S/C9H18N2O/c1-9(8(10)12)4-3-6-11(2)7-5-9/h3-7H2,1-2H3,(H2,10,12). The lowest BCUT2D eigenvalue weighted by Crippen LogP contribution is -2.35. The Labute approximate surface area is 73.9 Å². The lowest BCUT2D eigenvalue weighted by atomic mass is 9.82. The minimum absolute atomic E-state index is 0.141. The number of nitrogens with zero attached hydrogens (tertiary/aromatic N) is 1. The summed E-state index contributed by atoms with van der Waals surface area (Å²) in [4.78, 5) is 13.4. The van der Waals surface area contributed by atoms with Crippen molar-refractivity contribution in [3.05, 3.63) is 0 Å². The van der Waals surface area contributed by atoms with Crippen LogP contribution < -0.4 is 5.73 Å². The number of likely N-dealkylation sites (tertiary alicyclic amines) is 1. The Morgan fingerprint density at radius 1 is 1.42 bits per heavy atom. The first-order valence-corrected chi connectivity index (χ1v) is 4.53. The van der Waals surface area contributed by atoms with Gasteiger partial charge in [0.25, 0.3) is 0 Å². The number of nitrogens with two attached hydrogens (primary N) is 1. The molecule has 1 aliphatic heterocycles. The van der Waals surface area contributed by atoms with Gasteiger partial charge in [-0.3, -0.25) is 4.79 Å². The Bertz CT molecular complexity index is 181. The molecule has 0 bridgehead atoms. The molecule has 1 saturated heterocycles. The van der Waals surface area contributed by atoms with Gasteiger partial charge in [-0.15, -0.1) is 0 Å². The van der Waals surface area contributed by atoms with Crippen molar-refractivity contribution in [3.63, 3.8) is 0 Å². The molecule has 0 aromatic heterocycles. The fraction of sp³-hybridized carbons (Fsp3) is 0.889. The summed E-state index contributed by atoms with van der Waals surface area (Å²) in [6.07, 6.45) is 2.92. The minimum atomic E-state index is -0.259. The average molecular weight is 170 g/mol. The molecule has 1 rings (SSSR count). The van der Waals surface area contributed by atoms with Crippen LogP contribution in [0.2, 0.25) is 0 Å². The normalized spacial score (nSPS) is 32.8. The van der Waals surface area contributed by atoms with Gasteiger partial charge in [0.1, 0.15) is 0 Å². The van der Waals surface area contributed by atoms with Gasteiger partial charge < -0.3 is 10.6 Å². The number of amides is 1. The monoisotopic (exact) mass is 170 g/mol. The van der Waals surface area contributed by atoms with Crippen molar-refractivity contribution in [1.29, 1.82) is 0 Å². The van der Waals surface area contributed by atoms with Crippen LogP contribution in [0, 0.1) is 5.41 Å². The van der Waals surface area contributed by atoms with Gasteiger partial charge >= 0.3 is 0 Å². The molecule has 3 nitrogen and oxygen atoms in total. The van der Waals surface area contributed by atoms with E-state index in [1.54, 1.807) is 0 Å². The second kappa shape index (κ2) is 3.44. The molecule has 1 fully saturated rings. The molecule has 1 amide bonds. The van der Waals surface area contributed by atoms with E-state index in [1.807, 2.05) is 6.92 Å². The van der Waals surface area contributed by atoms with Crippen LogP contribution in [0.25, 0.3) is 0 Å². The molecule has 1 heterocycles. The van der Waals surface area contributed by atoms with Crippen molar-refractivity contribution in [3.8, 4) is 0 Å². The summed E-state index contributed by atoms with van der Waals surface area (Å²) in [6.45, 7) is 4.05. The molecule has 0 radical (unpaired) electrons. The lowest BCUT2D eigenvalue weighted by molar-refractivity contribution is -0.127. The average Bonchev–Trinajstić information content (AvgIpc) is 2.15. The second-order valence-corrected chi connectivity index (χ2v) is 4.08. The molecule has 0 aromatic rings. The van der Waals surface area contributed by atoms with Gasteiger partial charge in [0.05, 0.1) is 0 Å². The highest BCUT2D eigenvalue weighted by atomic mass is 16.1. The zero-order valence-electron chi connectivity index (χ0n) is 7.97. The SMILES string of the molecule is CN1CCCC(C)(C(N)=O)CC1. The molecule has 3 heteroatoms. The topological polar surface area (TPSA) is 46.3 Å². The zero-order chi connectivity index (χ0) is 9.19. The van der Waals surface area contributed by atoms with Crippen LogP contribution in [0.3, 0.4) is 0 Å². The van der Waals surface area contributed by atoms with Crippen molar-refractivity contribution in [2.45, 2.75) is 26.2 Å². The third-order valence-electron chi connectivity index (χ3n) is 2.91. The molecule has 12 heavy (non-hydrogen) atoms. The van der Waals surface area contributed by atoms with E-state index in [-0.39, 0.29) is 11.3 Å². The van der Waals surface area contributed by atoms with Gasteiger partial charge in [0.15, 0.2) is 0 Å². The van der Waals surface area contributed by atoms with E-state index < -0.39 is 0 Å². The molecular formula is C9H18N2O. The number of hydrogen-bond acceptors (Lipinski definition) is 2. The third-order valence-corrected chi connectivity index (χ3v) is 2.91. The van der Waals surface area contributed by atoms with Crippen LogP contribution in [-0.4, -0.2) is 30.9 Å². The van der Waals surface area contributed by atoms with Gasteiger partial charge in [-0.1, -0.05) is 6.92 Å². The van der Waals surface area contributed by atoms with Crippen LogP contribution in [0.5, 0.6) is 0 Å². The molecule has 0 saturated carbocycles. The molecule has 1 atom stereocenters. The smallest absolute Gasteiger partial charge is 0.223 e. The largest absolute Gasteiger partial charge is 0.369 e. The van der Waals surface area contributed by atoms with Crippen LogP contribution >= 0.6 is 0 Å². The molecule has 0 aliphatic carbocycles. The zero-order valence-corrected chi connectivity index (χ0v) is 7.97. The molecule has 2 N–H and O–H groups in total. The van der Waals surface area contributed by atoms with Gasteiger partial charge in [-0.05, 0) is 39.4 Å². The molecule has 1 aliphatic rings. The van der Waals surface area contributed by atoms with Gasteiger partial charge in [-0.2, -0.15) is 0 Å². The Hall–Kier alpha value is -0.570. The van der Waals surface area contributed by atoms with Crippen LogP contribution in [0.4, 0.5) is 0 Å². The number of carbonyl (C=O) groups excluding carboxylic acids is 1. The number of primary amides is 1. The van der Waals surface area contributed by atoms with Crippen molar-refractivity contribution in [2.24, 2.45) is 11.1 Å². The van der Waals surface area contributed by atoms with Crippen LogP contribution in [-0.2, 0) is 4.79 Å². The van der Waals surface area contributed by atoms with Crippen LogP contribution in [0.1, 0.15) is 26.2 Å². The molecular weight excluding hydrogens is 152 g/mol. The van der Waals surface area contributed by atoms with Gasteiger partial charge in [0, 0.05) is 5.41 Å². The number of hydrogen-bond donors (Lipinski definition) is 1. The summed E-state index contributed by atoms with van der Waals surface area (Å²) in [7, 11) is 2.09. The van der Waals surface area contributed by atoms with Crippen molar-refractivity contribution >= 4 is 5.91 Å². The predicted molar refractivity (Wildman–Crippen MR) is 48.6 cm³/mol. The third kappa shape index (κ3) is 1.97. The first-order chi connectivity index (χ1) is 5.54. The maximum atomic E-state index is 11.1. The van der Waals surface area contributed by atoms with Crippen molar-refractivity contribution < 1.29 is 4.79 Å². The van der Waals surface area contributed by atoms with Crippen molar-refractivity contribution in [2.75, 3.05) is 20.1 Å². The Kier molecular flexibility index (Phi) is 2.73. The fourth-order valence-corrected chi connectivity index (χ4v) is 1.66. The fourth-order valence-electron chi connectivity index (χ4n) is 1.66. The number of rotatable bonds is 1. The number of carbonyl (C=O) groups is 1. The van der Waals surface area contributed by atoms with Gasteiger partial charge in [0.2, 0.25) is 5.91 Å². The maximum Gasteiger partial charge on any atom is 0.223 e. The summed E-state index contributed by atoms with van der Waals surface area (Å²) in [5.41, 5.74) is 5.10. The highest BCUT2D eigenvalue weighted by Gasteiger charge is 2.32. The summed E-state index contributed by atoms with van der Waals surface area (Å²) >= 11 is 0. The lowest BCUT2D eigenvalue weighted by Gasteiger charge is -2.23. The maximum absolute atomic E-state index is 11.1. The van der Waals surface area contributed by atoms with E-state index in [0.29, 0.717) is 0 Å².